The Morgan fingerprint density at radius 1 is 1.61 bits per heavy atom. The Morgan fingerprint density at radius 3 is 2.89 bits per heavy atom. The van der Waals surface area contributed by atoms with E-state index in [2.05, 4.69) is 41.0 Å². The first-order chi connectivity index (χ1) is 8.45. The standard InChI is InChI=1S/C13H22N4O/c1-6-7-18-11(3)15-9-16-13(4,5)12-8-14-10(2)17-12/h6-8,15-16H,3,9H2,1-2,4-5H3,(H,14,17)/b7-6-. The normalized spacial score (nSPS) is 11.8. The molecule has 0 aliphatic heterocycles. The van der Waals surface area contributed by atoms with Crippen molar-refractivity contribution in [2.75, 3.05) is 6.67 Å². The van der Waals surface area contributed by atoms with E-state index in [1.807, 2.05) is 20.0 Å². The fraction of sp³-hybridized carbons (Fsp3) is 0.462. The van der Waals surface area contributed by atoms with E-state index in [1.54, 1.807) is 12.3 Å². The maximum Gasteiger partial charge on any atom is 0.186 e. The Kier molecular flexibility index (Phi) is 4.97. The van der Waals surface area contributed by atoms with Crippen LogP contribution >= 0.6 is 0 Å². The number of nitrogens with zero attached hydrogens (tertiary/aromatic N) is 1. The first-order valence-electron chi connectivity index (χ1n) is 5.93. The zero-order valence-electron chi connectivity index (χ0n) is 11.5. The van der Waals surface area contributed by atoms with E-state index in [1.165, 1.54) is 0 Å². The molecule has 0 amide bonds. The summed E-state index contributed by atoms with van der Waals surface area (Å²) in [5, 5.41) is 6.39. The molecule has 3 N–H and O–H groups in total. The van der Waals surface area contributed by atoms with Crippen LogP contribution in [-0.2, 0) is 10.3 Å². The van der Waals surface area contributed by atoms with Crippen molar-refractivity contribution in [2.24, 2.45) is 0 Å². The van der Waals surface area contributed by atoms with Gasteiger partial charge in [-0.15, -0.1) is 0 Å². The molecule has 0 radical (unpaired) electrons. The van der Waals surface area contributed by atoms with Crippen LogP contribution in [0.5, 0.6) is 0 Å². The second-order valence-electron chi connectivity index (χ2n) is 4.55. The van der Waals surface area contributed by atoms with Crippen molar-refractivity contribution in [2.45, 2.75) is 33.2 Å². The molecule has 1 heterocycles. The van der Waals surface area contributed by atoms with Crippen molar-refractivity contribution in [1.82, 2.24) is 20.6 Å². The van der Waals surface area contributed by atoms with Gasteiger partial charge in [0.25, 0.3) is 0 Å². The number of imidazole rings is 1. The molecule has 1 aromatic rings. The van der Waals surface area contributed by atoms with E-state index in [-0.39, 0.29) is 5.54 Å². The van der Waals surface area contributed by atoms with Crippen LogP contribution in [0, 0.1) is 6.92 Å². The molecule has 0 aliphatic carbocycles. The third-order valence-corrected chi connectivity index (χ3v) is 2.54. The third-order valence-electron chi connectivity index (χ3n) is 2.54. The molecule has 0 aliphatic rings. The molecule has 18 heavy (non-hydrogen) atoms. The lowest BCUT2D eigenvalue weighted by Gasteiger charge is -2.25. The monoisotopic (exact) mass is 250 g/mol. The molecule has 0 unspecified atom stereocenters. The maximum atomic E-state index is 5.17. The van der Waals surface area contributed by atoms with Gasteiger partial charge in [0.05, 0.1) is 30.4 Å². The molecule has 1 aromatic heterocycles. The van der Waals surface area contributed by atoms with Crippen molar-refractivity contribution < 1.29 is 4.74 Å². The van der Waals surface area contributed by atoms with E-state index < -0.39 is 0 Å². The highest BCUT2D eigenvalue weighted by Gasteiger charge is 2.21. The Hall–Kier alpha value is -1.75. The Balaban J connectivity index is 2.40. The molecule has 0 saturated heterocycles. The minimum absolute atomic E-state index is 0.199. The summed E-state index contributed by atoms with van der Waals surface area (Å²) < 4.78 is 5.17. The van der Waals surface area contributed by atoms with Gasteiger partial charge in [0.15, 0.2) is 5.88 Å². The van der Waals surface area contributed by atoms with Crippen molar-refractivity contribution in [3.05, 3.63) is 42.5 Å². The first-order valence-corrected chi connectivity index (χ1v) is 5.93. The minimum atomic E-state index is -0.199. The molecule has 5 heteroatoms. The number of hydrogen-bond acceptors (Lipinski definition) is 4. The number of H-pyrrole nitrogens is 1. The van der Waals surface area contributed by atoms with Crippen LogP contribution in [0.4, 0.5) is 0 Å². The Morgan fingerprint density at radius 2 is 2.33 bits per heavy atom. The van der Waals surface area contributed by atoms with Crippen LogP contribution in [0.15, 0.2) is 31.0 Å². The van der Waals surface area contributed by atoms with Crippen LogP contribution in [0.1, 0.15) is 32.3 Å². The maximum absolute atomic E-state index is 5.17. The second-order valence-corrected chi connectivity index (χ2v) is 4.55. The molecule has 0 bridgehead atoms. The lowest BCUT2D eigenvalue weighted by molar-refractivity contribution is 0.295. The predicted molar refractivity (Wildman–Crippen MR) is 72.5 cm³/mol. The Bertz CT molecular complexity index is 420. The molecule has 0 fully saturated rings. The summed E-state index contributed by atoms with van der Waals surface area (Å²) >= 11 is 0. The van der Waals surface area contributed by atoms with Gasteiger partial charge in [-0.2, -0.15) is 0 Å². The van der Waals surface area contributed by atoms with Crippen molar-refractivity contribution in [3.8, 4) is 0 Å². The average Bonchev–Trinajstić information content (AvgIpc) is 2.73. The summed E-state index contributed by atoms with van der Waals surface area (Å²) in [7, 11) is 0. The SMILES string of the molecule is C=C(NCNC(C)(C)c1cnc(C)[nH]1)O/C=C\C. The highest BCUT2D eigenvalue weighted by atomic mass is 16.5. The molecule has 0 saturated carbocycles. The smallest absolute Gasteiger partial charge is 0.186 e. The zero-order valence-corrected chi connectivity index (χ0v) is 11.5. The fourth-order valence-corrected chi connectivity index (χ4v) is 1.39. The van der Waals surface area contributed by atoms with Crippen molar-refractivity contribution >= 4 is 0 Å². The minimum Gasteiger partial charge on any atom is -0.450 e. The van der Waals surface area contributed by atoms with E-state index in [0.717, 1.165) is 11.5 Å². The predicted octanol–water partition coefficient (Wildman–Crippen LogP) is 2.11. The number of aryl methyl sites for hydroxylation is 1. The molecule has 100 valence electrons. The number of aromatic nitrogens is 2. The van der Waals surface area contributed by atoms with Gasteiger partial charge in [-0.05, 0) is 34.3 Å². The molecule has 0 atom stereocenters. The number of allylic oxidation sites excluding steroid dienone is 1. The number of rotatable bonds is 7. The molecular weight excluding hydrogens is 228 g/mol. The van der Waals surface area contributed by atoms with Gasteiger partial charge in [0, 0.05) is 0 Å². The second kappa shape index (κ2) is 6.26. The van der Waals surface area contributed by atoms with E-state index in [9.17, 15) is 0 Å². The number of hydrogen-bond donors (Lipinski definition) is 3. The molecule has 0 spiro atoms. The number of ether oxygens (including phenoxy) is 1. The summed E-state index contributed by atoms with van der Waals surface area (Å²) in [6.45, 7) is 12.3. The lowest BCUT2D eigenvalue weighted by Crippen LogP contribution is -2.42. The van der Waals surface area contributed by atoms with Gasteiger partial charge in [-0.3, -0.25) is 5.32 Å². The first kappa shape index (κ1) is 14.3. The van der Waals surface area contributed by atoms with Crippen molar-refractivity contribution in [3.63, 3.8) is 0 Å². The molecule has 1 rings (SSSR count). The van der Waals surface area contributed by atoms with Crippen LogP contribution in [-0.4, -0.2) is 16.6 Å². The summed E-state index contributed by atoms with van der Waals surface area (Å²) in [6, 6.07) is 0. The molecular formula is C13H22N4O. The topological polar surface area (TPSA) is 62.0 Å². The summed E-state index contributed by atoms with van der Waals surface area (Å²) in [6.07, 6.45) is 5.23. The summed E-state index contributed by atoms with van der Waals surface area (Å²) in [5.74, 6) is 1.42. The van der Waals surface area contributed by atoms with Crippen LogP contribution in [0.3, 0.4) is 0 Å². The number of aromatic amines is 1. The highest BCUT2D eigenvalue weighted by Crippen LogP contribution is 2.16. The van der Waals surface area contributed by atoms with Gasteiger partial charge in [0.2, 0.25) is 0 Å². The fourth-order valence-electron chi connectivity index (χ4n) is 1.39. The van der Waals surface area contributed by atoms with Gasteiger partial charge in [-0.1, -0.05) is 6.08 Å². The lowest BCUT2D eigenvalue weighted by atomic mass is 10.0. The summed E-state index contributed by atoms with van der Waals surface area (Å²) in [4.78, 5) is 7.42. The third kappa shape index (κ3) is 4.25. The largest absolute Gasteiger partial charge is 0.450 e. The van der Waals surface area contributed by atoms with E-state index in [4.69, 9.17) is 4.74 Å². The summed E-state index contributed by atoms with van der Waals surface area (Å²) in [5.41, 5.74) is 0.844. The molecule has 0 aromatic carbocycles. The van der Waals surface area contributed by atoms with Gasteiger partial charge < -0.3 is 15.0 Å². The van der Waals surface area contributed by atoms with Crippen molar-refractivity contribution in [1.29, 1.82) is 0 Å². The molecule has 5 nitrogen and oxygen atoms in total. The quantitative estimate of drug-likeness (QED) is 0.512. The Labute approximate surface area is 108 Å². The zero-order chi connectivity index (χ0) is 13.6. The van der Waals surface area contributed by atoms with Crippen LogP contribution in [0.2, 0.25) is 0 Å². The van der Waals surface area contributed by atoms with E-state index >= 15 is 0 Å². The highest BCUT2D eigenvalue weighted by molar-refractivity contribution is 5.11. The average molecular weight is 250 g/mol. The van der Waals surface area contributed by atoms with E-state index in [0.29, 0.717) is 12.6 Å². The van der Waals surface area contributed by atoms with Gasteiger partial charge in [-0.25, -0.2) is 4.98 Å². The number of nitrogens with one attached hydrogen (secondary N) is 3. The van der Waals surface area contributed by atoms with Crippen LogP contribution in [0.25, 0.3) is 0 Å². The van der Waals surface area contributed by atoms with Crippen LogP contribution < -0.4 is 10.6 Å². The van der Waals surface area contributed by atoms with Gasteiger partial charge in [0.1, 0.15) is 5.82 Å². The van der Waals surface area contributed by atoms with Gasteiger partial charge >= 0.3 is 0 Å².